The van der Waals surface area contributed by atoms with E-state index in [-0.39, 0.29) is 23.3 Å². The summed E-state index contributed by atoms with van der Waals surface area (Å²) in [6.07, 6.45) is 1.70. The second kappa shape index (κ2) is 6.05. The second-order valence-corrected chi connectivity index (χ2v) is 7.66. The first-order valence-electron chi connectivity index (χ1n) is 7.85. The van der Waals surface area contributed by atoms with Crippen LogP contribution in [0.25, 0.3) is 0 Å². The highest BCUT2D eigenvalue weighted by molar-refractivity contribution is 7.89. The van der Waals surface area contributed by atoms with Crippen molar-refractivity contribution in [1.29, 1.82) is 0 Å². The smallest absolute Gasteiger partial charge is 0.255 e. The largest absolute Gasteiger partial charge is 0.454 e. The third kappa shape index (κ3) is 3.45. The number of carbonyl (C=O) groups excluding carboxylic acids is 1. The topological polar surface area (TPSA) is 93.7 Å². The fraction of sp³-hybridized carbons (Fsp3) is 0.235. The Morgan fingerprint density at radius 2 is 1.84 bits per heavy atom. The van der Waals surface area contributed by atoms with Crippen LogP contribution < -0.4 is 19.5 Å². The summed E-state index contributed by atoms with van der Waals surface area (Å²) in [6.45, 7) is 0.153. The molecule has 0 spiro atoms. The van der Waals surface area contributed by atoms with Crippen LogP contribution >= 0.6 is 0 Å². The van der Waals surface area contributed by atoms with E-state index in [1.54, 1.807) is 30.3 Å². The monoisotopic (exact) mass is 360 g/mol. The third-order valence-electron chi connectivity index (χ3n) is 3.94. The molecule has 1 aliphatic heterocycles. The van der Waals surface area contributed by atoms with Crippen LogP contribution in [0.2, 0.25) is 0 Å². The Labute approximate surface area is 145 Å². The molecule has 1 saturated carbocycles. The summed E-state index contributed by atoms with van der Waals surface area (Å²) < 4.78 is 37.6. The van der Waals surface area contributed by atoms with Gasteiger partial charge in [0, 0.05) is 23.4 Å². The zero-order valence-electron chi connectivity index (χ0n) is 13.2. The van der Waals surface area contributed by atoms with Crippen molar-refractivity contribution >= 4 is 21.6 Å². The van der Waals surface area contributed by atoms with Crippen LogP contribution in [0.15, 0.2) is 47.4 Å². The quantitative estimate of drug-likeness (QED) is 0.852. The van der Waals surface area contributed by atoms with Crippen LogP contribution in [-0.2, 0) is 10.0 Å². The molecule has 1 aliphatic carbocycles. The van der Waals surface area contributed by atoms with E-state index in [9.17, 15) is 13.2 Å². The molecule has 25 heavy (non-hydrogen) atoms. The number of nitrogens with one attached hydrogen (secondary N) is 2. The van der Waals surface area contributed by atoms with Crippen LogP contribution in [-0.4, -0.2) is 27.2 Å². The van der Waals surface area contributed by atoms with Crippen molar-refractivity contribution in [2.45, 2.75) is 23.8 Å². The van der Waals surface area contributed by atoms with Crippen LogP contribution in [0.3, 0.4) is 0 Å². The van der Waals surface area contributed by atoms with Gasteiger partial charge in [-0.1, -0.05) is 6.07 Å². The first-order chi connectivity index (χ1) is 12.0. The van der Waals surface area contributed by atoms with E-state index in [0.717, 1.165) is 12.8 Å². The van der Waals surface area contributed by atoms with Gasteiger partial charge in [0.1, 0.15) is 0 Å². The van der Waals surface area contributed by atoms with Gasteiger partial charge >= 0.3 is 0 Å². The van der Waals surface area contributed by atoms with Crippen LogP contribution in [0.1, 0.15) is 23.2 Å². The SMILES string of the molecule is O=C(Nc1ccc2c(c1)OCO2)c1cccc(S(=O)(=O)NC2CC2)c1. The van der Waals surface area contributed by atoms with Gasteiger partial charge in [-0.05, 0) is 43.2 Å². The maximum atomic E-state index is 12.4. The fourth-order valence-corrected chi connectivity index (χ4v) is 3.82. The Morgan fingerprint density at radius 1 is 1.04 bits per heavy atom. The Bertz CT molecular complexity index is 938. The molecule has 0 atom stereocenters. The number of benzene rings is 2. The molecule has 2 aromatic rings. The number of ether oxygens (including phenoxy) is 2. The van der Waals surface area contributed by atoms with Gasteiger partial charge in [0.25, 0.3) is 5.91 Å². The zero-order chi connectivity index (χ0) is 17.4. The molecule has 130 valence electrons. The summed E-state index contributed by atoms with van der Waals surface area (Å²) in [4.78, 5) is 12.5. The van der Waals surface area contributed by atoms with Crippen molar-refractivity contribution in [2.24, 2.45) is 0 Å². The molecule has 0 radical (unpaired) electrons. The number of fused-ring (bicyclic) bond motifs is 1. The van der Waals surface area contributed by atoms with E-state index in [1.165, 1.54) is 12.1 Å². The average molecular weight is 360 g/mol. The lowest BCUT2D eigenvalue weighted by Crippen LogP contribution is -2.26. The predicted octanol–water partition coefficient (Wildman–Crippen LogP) is 2.11. The maximum Gasteiger partial charge on any atom is 0.255 e. The Balaban J connectivity index is 1.53. The molecule has 0 saturated heterocycles. The first kappa shape index (κ1) is 15.9. The van der Waals surface area contributed by atoms with Gasteiger partial charge < -0.3 is 14.8 Å². The van der Waals surface area contributed by atoms with Gasteiger partial charge in [0.15, 0.2) is 11.5 Å². The van der Waals surface area contributed by atoms with E-state index in [1.807, 2.05) is 0 Å². The van der Waals surface area contributed by atoms with Crippen molar-refractivity contribution in [2.75, 3.05) is 12.1 Å². The van der Waals surface area contributed by atoms with E-state index in [4.69, 9.17) is 9.47 Å². The average Bonchev–Trinajstić information content (AvgIpc) is 3.27. The lowest BCUT2D eigenvalue weighted by atomic mass is 10.2. The zero-order valence-corrected chi connectivity index (χ0v) is 14.0. The molecular formula is C17H16N2O5S. The van der Waals surface area contributed by atoms with E-state index in [0.29, 0.717) is 17.2 Å². The van der Waals surface area contributed by atoms with Crippen LogP contribution in [0.4, 0.5) is 5.69 Å². The molecule has 8 heteroatoms. The molecular weight excluding hydrogens is 344 g/mol. The van der Waals surface area contributed by atoms with Gasteiger partial charge in [0.2, 0.25) is 16.8 Å². The third-order valence-corrected chi connectivity index (χ3v) is 5.45. The van der Waals surface area contributed by atoms with Crippen molar-refractivity contribution < 1.29 is 22.7 Å². The minimum Gasteiger partial charge on any atom is -0.454 e. The van der Waals surface area contributed by atoms with Gasteiger partial charge in [-0.15, -0.1) is 0 Å². The van der Waals surface area contributed by atoms with E-state index in [2.05, 4.69) is 10.0 Å². The molecule has 4 rings (SSSR count). The lowest BCUT2D eigenvalue weighted by molar-refractivity contribution is 0.102. The number of carbonyl (C=O) groups is 1. The van der Waals surface area contributed by atoms with Crippen LogP contribution in [0, 0.1) is 0 Å². The molecule has 0 bridgehead atoms. The molecule has 1 heterocycles. The van der Waals surface area contributed by atoms with Gasteiger partial charge in [-0.3, -0.25) is 4.79 Å². The van der Waals surface area contributed by atoms with E-state index < -0.39 is 15.9 Å². The summed E-state index contributed by atoms with van der Waals surface area (Å²) in [7, 11) is -3.60. The Hall–Kier alpha value is -2.58. The van der Waals surface area contributed by atoms with Crippen molar-refractivity contribution in [3.8, 4) is 11.5 Å². The lowest BCUT2D eigenvalue weighted by Gasteiger charge is -2.09. The fourth-order valence-electron chi connectivity index (χ4n) is 2.47. The molecule has 2 N–H and O–H groups in total. The maximum absolute atomic E-state index is 12.4. The predicted molar refractivity (Wildman–Crippen MR) is 90.3 cm³/mol. The highest BCUT2D eigenvalue weighted by atomic mass is 32.2. The van der Waals surface area contributed by atoms with Crippen molar-refractivity contribution in [3.63, 3.8) is 0 Å². The summed E-state index contributed by atoms with van der Waals surface area (Å²) in [5.41, 5.74) is 0.801. The number of hydrogen-bond acceptors (Lipinski definition) is 5. The molecule has 1 amide bonds. The Kier molecular flexibility index (Phi) is 3.85. The summed E-state index contributed by atoms with van der Waals surface area (Å²) in [6, 6.07) is 11.0. The molecule has 1 fully saturated rings. The normalized spacial score (nSPS) is 15.8. The van der Waals surface area contributed by atoms with Crippen LogP contribution in [0.5, 0.6) is 11.5 Å². The highest BCUT2D eigenvalue weighted by Gasteiger charge is 2.28. The molecule has 7 nitrogen and oxygen atoms in total. The standard InChI is InChI=1S/C17H16N2O5S/c20-17(18-13-6-7-15-16(9-13)24-10-23-15)11-2-1-3-14(8-11)25(21,22)19-12-4-5-12/h1-3,6-9,12,19H,4-5,10H2,(H,18,20). The minimum atomic E-state index is -3.60. The minimum absolute atomic E-state index is 0.0103. The Morgan fingerprint density at radius 3 is 2.64 bits per heavy atom. The summed E-state index contributed by atoms with van der Waals surface area (Å²) in [5.74, 6) is 0.780. The first-order valence-corrected chi connectivity index (χ1v) is 9.33. The molecule has 2 aromatic carbocycles. The number of hydrogen-bond donors (Lipinski definition) is 2. The second-order valence-electron chi connectivity index (χ2n) is 5.95. The van der Waals surface area contributed by atoms with Crippen molar-refractivity contribution in [3.05, 3.63) is 48.0 Å². The highest BCUT2D eigenvalue weighted by Crippen LogP contribution is 2.34. The number of sulfonamides is 1. The number of anilines is 1. The molecule has 0 unspecified atom stereocenters. The molecule has 0 aromatic heterocycles. The van der Waals surface area contributed by atoms with Gasteiger partial charge in [-0.2, -0.15) is 0 Å². The number of rotatable bonds is 5. The van der Waals surface area contributed by atoms with Gasteiger partial charge in [-0.25, -0.2) is 13.1 Å². The molecule has 2 aliphatic rings. The summed E-state index contributed by atoms with van der Waals surface area (Å²) >= 11 is 0. The summed E-state index contributed by atoms with van der Waals surface area (Å²) in [5, 5.41) is 2.73. The van der Waals surface area contributed by atoms with E-state index >= 15 is 0 Å². The van der Waals surface area contributed by atoms with Crippen molar-refractivity contribution in [1.82, 2.24) is 4.72 Å². The number of amides is 1. The van der Waals surface area contributed by atoms with Gasteiger partial charge in [0.05, 0.1) is 4.90 Å².